The molecule has 1 aliphatic heterocycles. The van der Waals surface area contributed by atoms with E-state index in [0.29, 0.717) is 13.1 Å². The van der Waals surface area contributed by atoms with Gasteiger partial charge in [0.25, 0.3) is 0 Å². The number of hydrogen-bond acceptors (Lipinski definition) is 3. The van der Waals surface area contributed by atoms with Gasteiger partial charge in [0.2, 0.25) is 5.91 Å². The molecule has 26 heavy (non-hydrogen) atoms. The Morgan fingerprint density at radius 3 is 2.65 bits per heavy atom. The number of morpholine rings is 1. The third-order valence-electron chi connectivity index (χ3n) is 4.81. The van der Waals surface area contributed by atoms with Gasteiger partial charge in [0, 0.05) is 37.0 Å². The van der Waals surface area contributed by atoms with Crippen LogP contribution in [0.15, 0.2) is 60.8 Å². The van der Waals surface area contributed by atoms with Crippen molar-refractivity contribution in [3.05, 3.63) is 66.4 Å². The van der Waals surface area contributed by atoms with Gasteiger partial charge < -0.3 is 19.5 Å². The predicted molar refractivity (Wildman–Crippen MR) is 103 cm³/mol. The standard InChI is InChI=1S/C21H23N3O2/c25-21(16-24-10-9-17-5-1-3-7-19(17)24)22-15-18-6-2-4-8-20(18)23-11-13-26-14-12-23/h1-10H,11-16H2,(H,22,25). The smallest absolute Gasteiger partial charge is 0.240 e. The van der Waals surface area contributed by atoms with Crippen LogP contribution in [0.2, 0.25) is 0 Å². The Labute approximate surface area is 153 Å². The van der Waals surface area contributed by atoms with E-state index in [-0.39, 0.29) is 5.91 Å². The Bertz CT molecular complexity index is 897. The predicted octanol–water partition coefficient (Wildman–Crippen LogP) is 2.79. The lowest BCUT2D eigenvalue weighted by atomic mass is 10.1. The summed E-state index contributed by atoms with van der Waals surface area (Å²) >= 11 is 0. The summed E-state index contributed by atoms with van der Waals surface area (Å²) in [4.78, 5) is 14.8. The van der Waals surface area contributed by atoms with Crippen LogP contribution in [-0.2, 0) is 22.6 Å². The van der Waals surface area contributed by atoms with Gasteiger partial charge in [-0.2, -0.15) is 0 Å². The quantitative estimate of drug-likeness (QED) is 0.770. The highest BCUT2D eigenvalue weighted by molar-refractivity contribution is 5.83. The van der Waals surface area contributed by atoms with Gasteiger partial charge in [0.05, 0.1) is 13.2 Å². The maximum Gasteiger partial charge on any atom is 0.240 e. The minimum Gasteiger partial charge on any atom is -0.378 e. The normalized spacial score (nSPS) is 14.5. The van der Waals surface area contributed by atoms with E-state index < -0.39 is 0 Å². The van der Waals surface area contributed by atoms with Crippen molar-refractivity contribution < 1.29 is 9.53 Å². The van der Waals surface area contributed by atoms with Crippen LogP contribution in [-0.4, -0.2) is 36.8 Å². The minimum atomic E-state index is 0.0168. The molecule has 0 aliphatic carbocycles. The number of ether oxygens (including phenoxy) is 1. The molecule has 4 rings (SSSR count). The molecule has 2 aromatic carbocycles. The molecule has 134 valence electrons. The molecule has 0 atom stereocenters. The summed E-state index contributed by atoms with van der Waals surface area (Å²) in [7, 11) is 0. The van der Waals surface area contributed by atoms with E-state index in [1.807, 2.05) is 47.2 Å². The SMILES string of the molecule is O=C(Cn1ccc2ccccc21)NCc1ccccc1N1CCOCC1. The fourth-order valence-electron chi connectivity index (χ4n) is 3.46. The molecule has 1 saturated heterocycles. The summed E-state index contributed by atoms with van der Waals surface area (Å²) in [5, 5.41) is 4.21. The molecule has 1 aromatic heterocycles. The van der Waals surface area contributed by atoms with E-state index >= 15 is 0 Å². The van der Waals surface area contributed by atoms with E-state index in [0.717, 1.165) is 42.8 Å². The monoisotopic (exact) mass is 349 g/mol. The Morgan fingerprint density at radius 1 is 1.00 bits per heavy atom. The molecule has 1 amide bonds. The van der Waals surface area contributed by atoms with Gasteiger partial charge in [-0.3, -0.25) is 4.79 Å². The molecule has 0 saturated carbocycles. The largest absolute Gasteiger partial charge is 0.378 e. The maximum atomic E-state index is 12.4. The molecule has 1 fully saturated rings. The Balaban J connectivity index is 1.42. The summed E-state index contributed by atoms with van der Waals surface area (Å²) in [6.45, 7) is 4.14. The third-order valence-corrected chi connectivity index (χ3v) is 4.81. The van der Waals surface area contributed by atoms with E-state index in [2.05, 4.69) is 28.4 Å². The molecular formula is C21H23N3O2. The summed E-state index contributed by atoms with van der Waals surface area (Å²) in [6.07, 6.45) is 1.96. The van der Waals surface area contributed by atoms with E-state index in [1.54, 1.807) is 0 Å². The van der Waals surface area contributed by atoms with Crippen molar-refractivity contribution in [2.75, 3.05) is 31.2 Å². The first-order chi connectivity index (χ1) is 12.8. The molecule has 0 unspecified atom stereocenters. The van der Waals surface area contributed by atoms with E-state index in [4.69, 9.17) is 4.74 Å². The number of rotatable bonds is 5. The number of amides is 1. The van der Waals surface area contributed by atoms with Gasteiger partial charge in [-0.15, -0.1) is 0 Å². The maximum absolute atomic E-state index is 12.4. The average Bonchev–Trinajstić information content (AvgIpc) is 3.10. The van der Waals surface area contributed by atoms with E-state index in [9.17, 15) is 4.79 Å². The number of nitrogens with one attached hydrogen (secondary N) is 1. The summed E-state index contributed by atoms with van der Waals surface area (Å²) in [6, 6.07) is 18.4. The summed E-state index contributed by atoms with van der Waals surface area (Å²) < 4.78 is 7.42. The first-order valence-electron chi connectivity index (χ1n) is 9.02. The fraction of sp³-hybridized carbons (Fsp3) is 0.286. The van der Waals surface area contributed by atoms with Gasteiger partial charge in [-0.25, -0.2) is 0 Å². The van der Waals surface area contributed by atoms with Gasteiger partial charge >= 0.3 is 0 Å². The van der Waals surface area contributed by atoms with Crippen LogP contribution in [0, 0.1) is 0 Å². The number of para-hydroxylation sites is 2. The topological polar surface area (TPSA) is 46.5 Å². The highest BCUT2D eigenvalue weighted by Gasteiger charge is 2.15. The molecule has 5 heteroatoms. The lowest BCUT2D eigenvalue weighted by Crippen LogP contribution is -2.37. The van der Waals surface area contributed by atoms with Crippen LogP contribution >= 0.6 is 0 Å². The molecule has 3 aromatic rings. The van der Waals surface area contributed by atoms with Gasteiger partial charge in [0.15, 0.2) is 0 Å². The summed E-state index contributed by atoms with van der Waals surface area (Å²) in [5.41, 5.74) is 3.40. The zero-order valence-electron chi connectivity index (χ0n) is 14.7. The van der Waals surface area contributed by atoms with Gasteiger partial charge in [-0.1, -0.05) is 36.4 Å². The van der Waals surface area contributed by atoms with Crippen LogP contribution in [0.25, 0.3) is 10.9 Å². The van der Waals surface area contributed by atoms with Crippen LogP contribution in [0.5, 0.6) is 0 Å². The highest BCUT2D eigenvalue weighted by Crippen LogP contribution is 2.21. The second-order valence-corrected chi connectivity index (χ2v) is 6.51. The summed E-state index contributed by atoms with van der Waals surface area (Å²) in [5.74, 6) is 0.0168. The molecule has 0 radical (unpaired) electrons. The van der Waals surface area contributed by atoms with Crippen molar-refractivity contribution in [1.82, 2.24) is 9.88 Å². The lowest BCUT2D eigenvalue weighted by molar-refractivity contribution is -0.121. The van der Waals surface area contributed by atoms with Crippen molar-refractivity contribution in [1.29, 1.82) is 0 Å². The van der Waals surface area contributed by atoms with Crippen LogP contribution in [0.4, 0.5) is 5.69 Å². The van der Waals surface area contributed by atoms with Crippen molar-refractivity contribution in [2.24, 2.45) is 0 Å². The molecule has 5 nitrogen and oxygen atoms in total. The van der Waals surface area contributed by atoms with Crippen LogP contribution < -0.4 is 10.2 Å². The number of carbonyl (C=O) groups excluding carboxylic acids is 1. The molecular weight excluding hydrogens is 326 g/mol. The first kappa shape index (κ1) is 16.7. The van der Waals surface area contributed by atoms with Crippen LogP contribution in [0.1, 0.15) is 5.56 Å². The number of anilines is 1. The van der Waals surface area contributed by atoms with Crippen molar-refractivity contribution in [2.45, 2.75) is 13.1 Å². The second-order valence-electron chi connectivity index (χ2n) is 6.51. The minimum absolute atomic E-state index is 0.0168. The molecule has 1 N–H and O–H groups in total. The average molecular weight is 349 g/mol. The Morgan fingerprint density at radius 2 is 1.77 bits per heavy atom. The molecule has 0 bridgehead atoms. The van der Waals surface area contributed by atoms with Crippen molar-refractivity contribution in [3.63, 3.8) is 0 Å². The second kappa shape index (κ2) is 7.62. The Hall–Kier alpha value is -2.79. The van der Waals surface area contributed by atoms with E-state index in [1.165, 1.54) is 5.69 Å². The van der Waals surface area contributed by atoms with Crippen LogP contribution in [0.3, 0.4) is 0 Å². The molecule has 2 heterocycles. The van der Waals surface area contributed by atoms with Gasteiger partial charge in [-0.05, 0) is 29.1 Å². The van der Waals surface area contributed by atoms with Gasteiger partial charge in [0.1, 0.15) is 6.54 Å². The van der Waals surface area contributed by atoms with Crippen molar-refractivity contribution >= 4 is 22.5 Å². The number of nitrogens with zero attached hydrogens (tertiary/aromatic N) is 2. The zero-order valence-corrected chi connectivity index (χ0v) is 14.7. The first-order valence-corrected chi connectivity index (χ1v) is 9.02. The van der Waals surface area contributed by atoms with Crippen molar-refractivity contribution in [3.8, 4) is 0 Å². The Kier molecular flexibility index (Phi) is 4.88. The molecule has 0 spiro atoms. The number of hydrogen-bond donors (Lipinski definition) is 1. The number of fused-ring (bicyclic) bond motifs is 1. The number of aromatic nitrogens is 1. The number of carbonyl (C=O) groups is 1. The molecule has 1 aliphatic rings. The highest BCUT2D eigenvalue weighted by atomic mass is 16.5. The zero-order chi connectivity index (χ0) is 17.8. The third kappa shape index (κ3) is 3.58. The fourth-order valence-corrected chi connectivity index (χ4v) is 3.46. The number of benzene rings is 2. The lowest BCUT2D eigenvalue weighted by Gasteiger charge is -2.30.